The molecule has 2 rings (SSSR count). The minimum atomic E-state index is -0.0236. The van der Waals surface area contributed by atoms with Crippen LogP contribution >= 0.6 is 0 Å². The summed E-state index contributed by atoms with van der Waals surface area (Å²) in [6.45, 7) is 2.35. The van der Waals surface area contributed by atoms with Gasteiger partial charge in [0.25, 0.3) is 0 Å². The van der Waals surface area contributed by atoms with E-state index in [0.29, 0.717) is 0 Å². The van der Waals surface area contributed by atoms with E-state index in [-0.39, 0.29) is 12.7 Å². The van der Waals surface area contributed by atoms with E-state index in [1.165, 1.54) is 0 Å². The van der Waals surface area contributed by atoms with Crippen LogP contribution in [-0.2, 0) is 4.79 Å². The molecule has 0 amide bonds. The van der Waals surface area contributed by atoms with E-state index in [1.807, 2.05) is 18.2 Å². The number of ether oxygens (including phenoxy) is 2. The van der Waals surface area contributed by atoms with Gasteiger partial charge in [0.15, 0.2) is 11.5 Å². The van der Waals surface area contributed by atoms with Gasteiger partial charge in [0, 0.05) is 5.92 Å². The standard InChI is InChI=1S/C12H14O3/c1-2-3-10(7-13)9-4-5-11-12(6-9)15-8-14-11/h4-7,10H,2-3,8H2,1H3. The van der Waals surface area contributed by atoms with Crippen LogP contribution in [0.3, 0.4) is 0 Å². The Kier molecular flexibility index (Phi) is 2.90. The van der Waals surface area contributed by atoms with Crippen LogP contribution in [0.2, 0.25) is 0 Å². The largest absolute Gasteiger partial charge is 0.454 e. The van der Waals surface area contributed by atoms with Crippen molar-refractivity contribution in [2.24, 2.45) is 0 Å². The molecule has 0 radical (unpaired) electrons. The van der Waals surface area contributed by atoms with Crippen LogP contribution in [0, 0.1) is 0 Å². The summed E-state index contributed by atoms with van der Waals surface area (Å²) in [6.07, 6.45) is 2.88. The Balaban J connectivity index is 2.24. The van der Waals surface area contributed by atoms with Crippen LogP contribution in [0.5, 0.6) is 11.5 Å². The van der Waals surface area contributed by atoms with Crippen molar-refractivity contribution >= 4 is 6.29 Å². The highest BCUT2D eigenvalue weighted by Crippen LogP contribution is 2.35. The number of hydrogen-bond acceptors (Lipinski definition) is 3. The zero-order valence-electron chi connectivity index (χ0n) is 8.73. The number of carbonyl (C=O) groups is 1. The Morgan fingerprint density at radius 1 is 1.40 bits per heavy atom. The average molecular weight is 206 g/mol. The zero-order valence-corrected chi connectivity index (χ0v) is 8.73. The van der Waals surface area contributed by atoms with Crippen LogP contribution in [0.25, 0.3) is 0 Å². The Hall–Kier alpha value is -1.51. The molecule has 1 aromatic carbocycles. The first-order chi connectivity index (χ1) is 7.35. The minimum Gasteiger partial charge on any atom is -0.454 e. The van der Waals surface area contributed by atoms with Crippen LogP contribution < -0.4 is 9.47 Å². The summed E-state index contributed by atoms with van der Waals surface area (Å²) in [6, 6.07) is 5.70. The Morgan fingerprint density at radius 2 is 2.20 bits per heavy atom. The van der Waals surface area contributed by atoms with Crippen LogP contribution in [-0.4, -0.2) is 13.1 Å². The lowest BCUT2D eigenvalue weighted by atomic mass is 9.96. The lowest BCUT2D eigenvalue weighted by Crippen LogP contribution is -1.99. The molecule has 1 unspecified atom stereocenters. The summed E-state index contributed by atoms with van der Waals surface area (Å²) < 4.78 is 10.5. The Morgan fingerprint density at radius 3 is 2.93 bits per heavy atom. The van der Waals surface area contributed by atoms with Gasteiger partial charge in [-0.2, -0.15) is 0 Å². The second kappa shape index (κ2) is 4.34. The van der Waals surface area contributed by atoms with Crippen molar-refractivity contribution in [2.75, 3.05) is 6.79 Å². The molecule has 0 aliphatic carbocycles. The molecular formula is C12H14O3. The summed E-state index contributed by atoms with van der Waals surface area (Å²) in [5.74, 6) is 1.49. The second-order valence-electron chi connectivity index (χ2n) is 3.64. The van der Waals surface area contributed by atoms with Gasteiger partial charge >= 0.3 is 0 Å². The number of carbonyl (C=O) groups excluding carboxylic acids is 1. The van der Waals surface area contributed by atoms with Crippen molar-refractivity contribution in [3.8, 4) is 11.5 Å². The maximum Gasteiger partial charge on any atom is 0.231 e. The minimum absolute atomic E-state index is 0.0236. The summed E-state index contributed by atoms with van der Waals surface area (Å²) in [4.78, 5) is 10.9. The molecule has 0 saturated carbocycles. The number of rotatable bonds is 4. The maximum atomic E-state index is 10.9. The molecule has 1 aliphatic heterocycles. The van der Waals surface area contributed by atoms with Gasteiger partial charge in [0.05, 0.1) is 0 Å². The molecule has 3 nitrogen and oxygen atoms in total. The predicted molar refractivity (Wildman–Crippen MR) is 56.3 cm³/mol. The SMILES string of the molecule is CCCC(C=O)c1ccc2c(c1)OCO2. The normalized spacial score (nSPS) is 15.0. The smallest absolute Gasteiger partial charge is 0.231 e. The molecule has 15 heavy (non-hydrogen) atoms. The number of aldehydes is 1. The van der Waals surface area contributed by atoms with Crippen molar-refractivity contribution < 1.29 is 14.3 Å². The van der Waals surface area contributed by atoms with Crippen LogP contribution in [0.15, 0.2) is 18.2 Å². The highest BCUT2D eigenvalue weighted by Gasteiger charge is 2.16. The van der Waals surface area contributed by atoms with E-state index in [9.17, 15) is 4.79 Å². The molecule has 0 N–H and O–H groups in total. The fourth-order valence-corrected chi connectivity index (χ4v) is 1.77. The van der Waals surface area contributed by atoms with E-state index >= 15 is 0 Å². The molecule has 1 aromatic rings. The van der Waals surface area contributed by atoms with Gasteiger partial charge in [0.1, 0.15) is 6.29 Å². The first kappa shape index (κ1) is 10.0. The number of fused-ring (bicyclic) bond motifs is 1. The number of hydrogen-bond donors (Lipinski definition) is 0. The fraction of sp³-hybridized carbons (Fsp3) is 0.417. The second-order valence-corrected chi connectivity index (χ2v) is 3.64. The highest BCUT2D eigenvalue weighted by molar-refractivity contribution is 5.63. The van der Waals surface area contributed by atoms with E-state index < -0.39 is 0 Å². The summed E-state index contributed by atoms with van der Waals surface area (Å²) in [7, 11) is 0. The van der Waals surface area contributed by atoms with Gasteiger partial charge in [-0.3, -0.25) is 0 Å². The fourth-order valence-electron chi connectivity index (χ4n) is 1.77. The van der Waals surface area contributed by atoms with Crippen molar-refractivity contribution in [1.29, 1.82) is 0 Å². The van der Waals surface area contributed by atoms with E-state index in [0.717, 1.165) is 36.2 Å². The monoisotopic (exact) mass is 206 g/mol. The van der Waals surface area contributed by atoms with Gasteiger partial charge in [-0.05, 0) is 24.1 Å². The topological polar surface area (TPSA) is 35.5 Å². The lowest BCUT2D eigenvalue weighted by molar-refractivity contribution is -0.109. The van der Waals surface area contributed by atoms with Gasteiger partial charge in [0.2, 0.25) is 6.79 Å². The number of benzene rings is 1. The van der Waals surface area contributed by atoms with Crippen molar-refractivity contribution in [1.82, 2.24) is 0 Å². The average Bonchev–Trinajstić information content (AvgIpc) is 2.72. The molecule has 0 spiro atoms. The zero-order chi connectivity index (χ0) is 10.7. The van der Waals surface area contributed by atoms with Gasteiger partial charge in [-0.15, -0.1) is 0 Å². The highest BCUT2D eigenvalue weighted by atomic mass is 16.7. The summed E-state index contributed by atoms with van der Waals surface area (Å²) in [5, 5.41) is 0. The quantitative estimate of drug-likeness (QED) is 0.710. The molecular weight excluding hydrogens is 192 g/mol. The first-order valence-electron chi connectivity index (χ1n) is 5.20. The first-order valence-corrected chi connectivity index (χ1v) is 5.20. The third-order valence-corrected chi connectivity index (χ3v) is 2.59. The molecule has 0 bridgehead atoms. The lowest BCUT2D eigenvalue weighted by Gasteiger charge is -2.09. The molecule has 1 atom stereocenters. The van der Waals surface area contributed by atoms with Crippen LogP contribution in [0.4, 0.5) is 0 Å². The van der Waals surface area contributed by atoms with Crippen molar-refractivity contribution in [3.05, 3.63) is 23.8 Å². The van der Waals surface area contributed by atoms with E-state index in [4.69, 9.17) is 9.47 Å². The maximum absolute atomic E-state index is 10.9. The summed E-state index contributed by atoms with van der Waals surface area (Å²) >= 11 is 0. The van der Waals surface area contributed by atoms with Crippen LogP contribution in [0.1, 0.15) is 31.2 Å². The predicted octanol–water partition coefficient (Wildman–Crippen LogP) is 2.50. The van der Waals surface area contributed by atoms with Crippen molar-refractivity contribution in [2.45, 2.75) is 25.7 Å². The molecule has 0 fully saturated rings. The summed E-state index contributed by atoms with van der Waals surface area (Å²) in [5.41, 5.74) is 1.01. The van der Waals surface area contributed by atoms with Gasteiger partial charge in [-0.25, -0.2) is 0 Å². The van der Waals surface area contributed by atoms with E-state index in [1.54, 1.807) is 0 Å². The Bertz CT molecular complexity index is 360. The van der Waals surface area contributed by atoms with Crippen molar-refractivity contribution in [3.63, 3.8) is 0 Å². The molecule has 1 heterocycles. The molecule has 80 valence electrons. The molecule has 0 saturated heterocycles. The van der Waals surface area contributed by atoms with E-state index in [2.05, 4.69) is 6.92 Å². The molecule has 0 aromatic heterocycles. The molecule has 1 aliphatic rings. The Labute approximate surface area is 89.0 Å². The van der Waals surface area contributed by atoms with Gasteiger partial charge in [-0.1, -0.05) is 19.4 Å². The third kappa shape index (κ3) is 1.96. The third-order valence-electron chi connectivity index (χ3n) is 2.59. The molecule has 3 heteroatoms. The van der Waals surface area contributed by atoms with Gasteiger partial charge < -0.3 is 14.3 Å².